The van der Waals surface area contributed by atoms with Crippen LogP contribution in [0.1, 0.15) is 56.2 Å². The standard InChI is InChI=1S/C17H25N3O2S/c1-12-18-14(11-23-12)10-15(21)20-9-5-8-17(20,2)16(22)19-13-6-3-4-7-13/h11,13H,3-10H2,1-2H3,(H,19,22)/t17-/m0/s1. The molecule has 0 radical (unpaired) electrons. The number of carbonyl (C=O) groups excluding carboxylic acids is 2. The number of thiazole rings is 1. The van der Waals surface area contributed by atoms with Crippen molar-refractivity contribution in [2.75, 3.05) is 6.54 Å². The molecule has 2 amide bonds. The summed E-state index contributed by atoms with van der Waals surface area (Å²) in [6.45, 7) is 4.51. The number of rotatable bonds is 4. The van der Waals surface area contributed by atoms with Crippen molar-refractivity contribution in [1.29, 1.82) is 0 Å². The number of hydrogen-bond acceptors (Lipinski definition) is 4. The zero-order chi connectivity index (χ0) is 16.4. The van der Waals surface area contributed by atoms with Crippen molar-refractivity contribution in [1.82, 2.24) is 15.2 Å². The number of aromatic nitrogens is 1. The summed E-state index contributed by atoms with van der Waals surface area (Å²) < 4.78 is 0. The first-order valence-corrected chi connectivity index (χ1v) is 9.39. The van der Waals surface area contributed by atoms with Gasteiger partial charge in [0.1, 0.15) is 5.54 Å². The largest absolute Gasteiger partial charge is 0.351 e. The molecule has 23 heavy (non-hydrogen) atoms. The van der Waals surface area contributed by atoms with Gasteiger partial charge in [-0.2, -0.15) is 0 Å². The molecule has 126 valence electrons. The van der Waals surface area contributed by atoms with E-state index in [1.54, 1.807) is 16.2 Å². The minimum atomic E-state index is -0.704. The van der Waals surface area contributed by atoms with Crippen molar-refractivity contribution >= 4 is 23.2 Å². The molecule has 2 aliphatic rings. The number of aryl methyl sites for hydroxylation is 1. The van der Waals surface area contributed by atoms with Gasteiger partial charge in [0.15, 0.2) is 0 Å². The summed E-state index contributed by atoms with van der Waals surface area (Å²) in [5.74, 6) is 0.0292. The lowest BCUT2D eigenvalue weighted by atomic mass is 9.96. The summed E-state index contributed by atoms with van der Waals surface area (Å²) in [4.78, 5) is 31.6. The summed E-state index contributed by atoms with van der Waals surface area (Å²) in [7, 11) is 0. The SMILES string of the molecule is Cc1nc(CC(=O)N2CCC[C@@]2(C)C(=O)NC2CCCC2)cs1. The van der Waals surface area contributed by atoms with E-state index in [9.17, 15) is 9.59 Å². The molecule has 1 aromatic rings. The number of carbonyl (C=O) groups is 2. The van der Waals surface area contributed by atoms with Gasteiger partial charge in [-0.15, -0.1) is 11.3 Å². The molecule has 2 heterocycles. The van der Waals surface area contributed by atoms with Gasteiger partial charge in [-0.25, -0.2) is 4.98 Å². The van der Waals surface area contributed by atoms with Crippen LogP contribution in [-0.4, -0.2) is 39.8 Å². The maximum absolute atomic E-state index is 12.8. The smallest absolute Gasteiger partial charge is 0.245 e. The number of hydrogen-bond donors (Lipinski definition) is 1. The zero-order valence-corrected chi connectivity index (χ0v) is 14.7. The fourth-order valence-electron chi connectivity index (χ4n) is 3.75. The first kappa shape index (κ1) is 16.4. The molecule has 6 heteroatoms. The summed E-state index contributed by atoms with van der Waals surface area (Å²) in [6.07, 6.45) is 6.42. The third kappa shape index (κ3) is 3.42. The zero-order valence-electron chi connectivity index (χ0n) is 13.9. The summed E-state index contributed by atoms with van der Waals surface area (Å²) >= 11 is 1.56. The maximum Gasteiger partial charge on any atom is 0.245 e. The van der Waals surface area contributed by atoms with Gasteiger partial charge in [-0.05, 0) is 39.5 Å². The fourth-order valence-corrected chi connectivity index (χ4v) is 4.36. The molecule has 1 aliphatic carbocycles. The highest BCUT2D eigenvalue weighted by Crippen LogP contribution is 2.31. The highest BCUT2D eigenvalue weighted by Gasteiger charge is 2.46. The quantitative estimate of drug-likeness (QED) is 0.919. The predicted octanol–water partition coefficient (Wildman–Crippen LogP) is 2.43. The molecule has 3 rings (SSSR count). The molecule has 0 unspecified atom stereocenters. The van der Waals surface area contributed by atoms with E-state index in [0.717, 1.165) is 36.4 Å². The molecule has 0 spiro atoms. The molecule has 1 saturated heterocycles. The van der Waals surface area contributed by atoms with Crippen LogP contribution >= 0.6 is 11.3 Å². The van der Waals surface area contributed by atoms with Gasteiger partial charge in [0.25, 0.3) is 0 Å². The van der Waals surface area contributed by atoms with E-state index in [1.807, 2.05) is 19.2 Å². The average molecular weight is 335 g/mol. The van der Waals surface area contributed by atoms with Crippen molar-refractivity contribution in [2.24, 2.45) is 0 Å². The Labute approximate surface area is 141 Å². The van der Waals surface area contributed by atoms with E-state index in [4.69, 9.17) is 0 Å². The van der Waals surface area contributed by atoms with Gasteiger partial charge >= 0.3 is 0 Å². The predicted molar refractivity (Wildman–Crippen MR) is 90.3 cm³/mol. The minimum absolute atomic E-state index is 0.0110. The molecule has 1 aliphatic heterocycles. The van der Waals surface area contributed by atoms with Crippen LogP contribution in [0.25, 0.3) is 0 Å². The van der Waals surface area contributed by atoms with Crippen molar-refractivity contribution in [3.8, 4) is 0 Å². The Morgan fingerprint density at radius 2 is 2.13 bits per heavy atom. The van der Waals surface area contributed by atoms with Crippen LogP contribution in [0.3, 0.4) is 0 Å². The van der Waals surface area contributed by atoms with Crippen LogP contribution in [0.5, 0.6) is 0 Å². The second kappa shape index (κ2) is 6.59. The Morgan fingerprint density at radius 1 is 1.39 bits per heavy atom. The monoisotopic (exact) mass is 335 g/mol. The van der Waals surface area contributed by atoms with Crippen LogP contribution in [-0.2, 0) is 16.0 Å². The van der Waals surface area contributed by atoms with E-state index in [2.05, 4.69) is 10.3 Å². The molecule has 1 N–H and O–H groups in total. The van der Waals surface area contributed by atoms with E-state index in [-0.39, 0.29) is 24.3 Å². The fraction of sp³-hybridized carbons (Fsp3) is 0.706. The van der Waals surface area contributed by atoms with Crippen molar-refractivity contribution in [3.05, 3.63) is 16.1 Å². The number of nitrogens with one attached hydrogen (secondary N) is 1. The molecule has 0 aromatic carbocycles. The minimum Gasteiger partial charge on any atom is -0.351 e. The molecule has 5 nitrogen and oxygen atoms in total. The van der Waals surface area contributed by atoms with Crippen LogP contribution < -0.4 is 5.32 Å². The molecule has 1 saturated carbocycles. The molecule has 1 atom stereocenters. The number of amides is 2. The highest BCUT2D eigenvalue weighted by atomic mass is 32.1. The van der Waals surface area contributed by atoms with Crippen LogP contribution in [0.15, 0.2) is 5.38 Å². The van der Waals surface area contributed by atoms with Crippen LogP contribution in [0.2, 0.25) is 0 Å². The Kier molecular flexibility index (Phi) is 4.71. The third-order valence-corrected chi connectivity index (χ3v) is 5.94. The first-order chi connectivity index (χ1) is 11.0. The van der Waals surface area contributed by atoms with Crippen molar-refractivity contribution in [3.63, 3.8) is 0 Å². The van der Waals surface area contributed by atoms with Crippen molar-refractivity contribution in [2.45, 2.75) is 70.4 Å². The third-order valence-electron chi connectivity index (χ3n) is 5.12. The molecular formula is C17H25N3O2S. The maximum atomic E-state index is 12.8. The van der Waals surface area contributed by atoms with Crippen molar-refractivity contribution < 1.29 is 9.59 Å². The van der Waals surface area contributed by atoms with Gasteiger partial charge < -0.3 is 10.2 Å². The van der Waals surface area contributed by atoms with E-state index in [0.29, 0.717) is 6.54 Å². The molecular weight excluding hydrogens is 310 g/mol. The Bertz CT molecular complexity index is 594. The first-order valence-electron chi connectivity index (χ1n) is 8.51. The normalized spacial score (nSPS) is 25.0. The summed E-state index contributed by atoms with van der Waals surface area (Å²) in [5.41, 5.74) is 0.105. The average Bonchev–Trinajstić information content (AvgIpc) is 3.21. The second-order valence-corrected chi connectivity index (χ2v) is 7.97. The van der Waals surface area contributed by atoms with E-state index in [1.165, 1.54) is 12.8 Å². The Balaban J connectivity index is 1.67. The van der Waals surface area contributed by atoms with Crippen LogP contribution in [0.4, 0.5) is 0 Å². The molecule has 1 aromatic heterocycles. The lowest BCUT2D eigenvalue weighted by Gasteiger charge is -2.35. The van der Waals surface area contributed by atoms with Gasteiger partial charge in [-0.3, -0.25) is 9.59 Å². The number of nitrogens with zero attached hydrogens (tertiary/aromatic N) is 2. The lowest BCUT2D eigenvalue weighted by molar-refractivity contribution is -0.144. The van der Waals surface area contributed by atoms with E-state index < -0.39 is 5.54 Å². The lowest BCUT2D eigenvalue weighted by Crippen LogP contribution is -2.57. The van der Waals surface area contributed by atoms with E-state index >= 15 is 0 Å². The van der Waals surface area contributed by atoms with Gasteiger partial charge in [0.2, 0.25) is 11.8 Å². The van der Waals surface area contributed by atoms with Gasteiger partial charge in [0, 0.05) is 18.0 Å². The summed E-state index contributed by atoms with van der Waals surface area (Å²) in [5, 5.41) is 6.07. The Hall–Kier alpha value is -1.43. The molecule has 2 fully saturated rings. The summed E-state index contributed by atoms with van der Waals surface area (Å²) in [6, 6.07) is 0.290. The highest BCUT2D eigenvalue weighted by molar-refractivity contribution is 7.09. The topological polar surface area (TPSA) is 62.3 Å². The Morgan fingerprint density at radius 3 is 2.78 bits per heavy atom. The van der Waals surface area contributed by atoms with Gasteiger partial charge in [-0.1, -0.05) is 12.8 Å². The number of likely N-dealkylation sites (tertiary alicyclic amines) is 1. The van der Waals surface area contributed by atoms with Crippen LogP contribution in [0, 0.1) is 6.92 Å². The van der Waals surface area contributed by atoms with Gasteiger partial charge in [0.05, 0.1) is 17.1 Å². The second-order valence-electron chi connectivity index (χ2n) is 6.91. The molecule has 0 bridgehead atoms.